The van der Waals surface area contributed by atoms with Crippen molar-refractivity contribution in [3.05, 3.63) is 51.9 Å². The van der Waals surface area contributed by atoms with Gasteiger partial charge in [-0.25, -0.2) is 5.10 Å². The fourth-order valence-electron chi connectivity index (χ4n) is 2.01. The molecule has 106 valence electrons. The molecule has 0 fully saturated rings. The number of nitrogens with zero attached hydrogens (tertiary/aromatic N) is 4. The van der Waals surface area contributed by atoms with Crippen molar-refractivity contribution in [1.29, 1.82) is 0 Å². The normalized spacial score (nSPS) is 10.7. The number of hydrogen-bond donors (Lipinski definition) is 2. The summed E-state index contributed by atoms with van der Waals surface area (Å²) in [4.78, 5) is 24.5. The van der Waals surface area contributed by atoms with E-state index >= 15 is 0 Å². The van der Waals surface area contributed by atoms with Crippen LogP contribution in [0.3, 0.4) is 0 Å². The van der Waals surface area contributed by atoms with Crippen LogP contribution in [-0.4, -0.2) is 30.9 Å². The fraction of sp³-hybridized carbons (Fsp3) is 0.154. The number of aromatic amines is 1. The molecule has 0 aliphatic heterocycles. The lowest BCUT2D eigenvalue weighted by atomic mass is 10.2. The summed E-state index contributed by atoms with van der Waals surface area (Å²) in [6.07, 6.45) is 2.55. The van der Waals surface area contributed by atoms with E-state index in [2.05, 4.69) is 25.9 Å². The van der Waals surface area contributed by atoms with Gasteiger partial charge in [-0.1, -0.05) is 18.1 Å². The van der Waals surface area contributed by atoms with Gasteiger partial charge in [-0.05, 0) is 40.6 Å². The highest BCUT2D eigenvalue weighted by Crippen LogP contribution is 2.07. The maximum atomic E-state index is 12.4. The summed E-state index contributed by atoms with van der Waals surface area (Å²) in [7, 11) is 0. The molecule has 1 amide bonds. The van der Waals surface area contributed by atoms with Gasteiger partial charge in [0.15, 0.2) is 0 Å². The van der Waals surface area contributed by atoms with E-state index in [0.717, 1.165) is 17.5 Å². The predicted octanol–water partition coefficient (Wildman–Crippen LogP) is 0.627. The zero-order valence-electron chi connectivity index (χ0n) is 11.2. The Labute approximate surface area is 118 Å². The highest BCUT2D eigenvalue weighted by atomic mass is 16.2. The maximum absolute atomic E-state index is 12.4. The fourth-order valence-corrected chi connectivity index (χ4v) is 2.01. The first-order chi connectivity index (χ1) is 10.2. The Bertz CT molecular complexity index is 853. The number of tetrazole rings is 1. The minimum Gasteiger partial charge on any atom is -0.289 e. The second kappa shape index (κ2) is 5.16. The molecule has 0 bridgehead atoms. The largest absolute Gasteiger partial charge is 0.289 e. The number of nitrogens with one attached hydrogen (secondary N) is 2. The van der Waals surface area contributed by atoms with Gasteiger partial charge >= 0.3 is 0 Å². The molecule has 3 rings (SSSR count). The van der Waals surface area contributed by atoms with Crippen LogP contribution in [0, 0.1) is 0 Å². The van der Waals surface area contributed by atoms with Crippen molar-refractivity contribution < 1.29 is 4.79 Å². The van der Waals surface area contributed by atoms with Crippen LogP contribution in [0.2, 0.25) is 0 Å². The van der Waals surface area contributed by atoms with E-state index in [9.17, 15) is 9.59 Å². The molecule has 0 atom stereocenters. The molecule has 0 saturated heterocycles. The van der Waals surface area contributed by atoms with Gasteiger partial charge in [0.25, 0.3) is 11.5 Å². The number of rotatable bonds is 3. The molecule has 0 saturated carbocycles. The lowest BCUT2D eigenvalue weighted by Gasteiger charge is -2.06. The summed E-state index contributed by atoms with van der Waals surface area (Å²) in [6.45, 7) is 2.00. The van der Waals surface area contributed by atoms with Crippen LogP contribution in [0.5, 0.6) is 0 Å². The van der Waals surface area contributed by atoms with Crippen molar-refractivity contribution in [2.24, 2.45) is 0 Å². The van der Waals surface area contributed by atoms with Crippen LogP contribution < -0.4 is 10.9 Å². The molecule has 8 nitrogen and oxygen atoms in total. The van der Waals surface area contributed by atoms with Gasteiger partial charge in [0.05, 0.1) is 0 Å². The quantitative estimate of drug-likeness (QED) is 0.733. The van der Waals surface area contributed by atoms with E-state index in [1.807, 2.05) is 19.1 Å². The Hall–Kier alpha value is -3.03. The summed E-state index contributed by atoms with van der Waals surface area (Å²) in [5.74, 6) is -0.471. The number of carbonyl (C=O) groups is 1. The lowest BCUT2D eigenvalue weighted by molar-refractivity contribution is 0.102. The molecular weight excluding hydrogens is 272 g/mol. The average Bonchev–Trinajstić information content (AvgIpc) is 3.00. The Morgan fingerprint density at radius 3 is 2.86 bits per heavy atom. The number of carbonyl (C=O) groups excluding carboxylic acids is 1. The number of amides is 1. The van der Waals surface area contributed by atoms with Gasteiger partial charge in [-0.15, -0.1) is 0 Å². The maximum Gasteiger partial charge on any atom is 0.267 e. The van der Waals surface area contributed by atoms with E-state index in [1.54, 1.807) is 12.3 Å². The minimum atomic E-state index is -0.560. The van der Waals surface area contributed by atoms with Gasteiger partial charge in [0, 0.05) is 11.7 Å². The summed E-state index contributed by atoms with van der Waals surface area (Å²) in [5, 5.41) is 15.1. The molecule has 0 aliphatic carbocycles. The zero-order chi connectivity index (χ0) is 14.8. The summed E-state index contributed by atoms with van der Waals surface area (Å²) >= 11 is 0. The number of H-pyrrole nitrogens is 1. The molecule has 21 heavy (non-hydrogen) atoms. The molecule has 3 aromatic heterocycles. The first-order valence-electron chi connectivity index (χ1n) is 6.38. The standard InChI is InChI=1S/C13H12N6O2/c1-2-8-3-4-9-5-6-10(12(21)19(9)7-8)11(20)14-13-15-17-18-16-13/h3-7H,2H2,1H3,(H2,14,15,16,17,18,20). The van der Waals surface area contributed by atoms with Crippen LogP contribution in [0.25, 0.3) is 5.52 Å². The van der Waals surface area contributed by atoms with Crippen molar-refractivity contribution in [1.82, 2.24) is 25.0 Å². The monoisotopic (exact) mass is 284 g/mol. The van der Waals surface area contributed by atoms with Crippen molar-refractivity contribution in [3.8, 4) is 0 Å². The Balaban J connectivity index is 2.04. The molecule has 0 aromatic carbocycles. The number of aromatic nitrogens is 5. The van der Waals surface area contributed by atoms with Crippen molar-refractivity contribution in [3.63, 3.8) is 0 Å². The summed E-state index contributed by atoms with van der Waals surface area (Å²) in [6, 6.07) is 7.01. The van der Waals surface area contributed by atoms with Gasteiger partial charge in [0.1, 0.15) is 5.56 Å². The van der Waals surface area contributed by atoms with E-state index in [1.165, 1.54) is 10.5 Å². The van der Waals surface area contributed by atoms with Gasteiger partial charge in [-0.3, -0.25) is 19.3 Å². The number of pyridine rings is 2. The van der Waals surface area contributed by atoms with E-state index in [-0.39, 0.29) is 17.1 Å². The molecular formula is C13H12N6O2. The number of anilines is 1. The average molecular weight is 284 g/mol. The van der Waals surface area contributed by atoms with E-state index in [4.69, 9.17) is 0 Å². The number of hydrogen-bond acceptors (Lipinski definition) is 5. The van der Waals surface area contributed by atoms with Crippen LogP contribution in [0.15, 0.2) is 35.3 Å². The molecule has 3 heterocycles. The van der Waals surface area contributed by atoms with E-state index in [0.29, 0.717) is 0 Å². The van der Waals surface area contributed by atoms with Crippen molar-refractivity contribution >= 4 is 17.4 Å². The second-order valence-corrected chi connectivity index (χ2v) is 4.44. The minimum absolute atomic E-state index is 0.0251. The third kappa shape index (κ3) is 2.38. The molecule has 3 aromatic rings. The molecule has 0 radical (unpaired) electrons. The molecule has 8 heteroatoms. The highest BCUT2D eigenvalue weighted by Gasteiger charge is 2.14. The first-order valence-corrected chi connectivity index (χ1v) is 6.38. The topological polar surface area (TPSA) is 105 Å². The highest BCUT2D eigenvalue weighted by molar-refractivity contribution is 6.03. The van der Waals surface area contributed by atoms with Crippen molar-refractivity contribution in [2.45, 2.75) is 13.3 Å². The summed E-state index contributed by atoms with van der Waals surface area (Å²) < 4.78 is 1.46. The lowest BCUT2D eigenvalue weighted by Crippen LogP contribution is -2.26. The van der Waals surface area contributed by atoms with E-state index < -0.39 is 5.91 Å². The number of fused-ring (bicyclic) bond motifs is 1. The van der Waals surface area contributed by atoms with Crippen LogP contribution in [-0.2, 0) is 6.42 Å². The van der Waals surface area contributed by atoms with Gasteiger partial charge < -0.3 is 0 Å². The first kappa shape index (κ1) is 13.0. The molecule has 0 spiro atoms. The van der Waals surface area contributed by atoms with Gasteiger partial charge in [0.2, 0.25) is 5.95 Å². The molecule has 2 N–H and O–H groups in total. The van der Waals surface area contributed by atoms with Crippen LogP contribution in [0.1, 0.15) is 22.8 Å². The third-order valence-electron chi connectivity index (χ3n) is 3.14. The van der Waals surface area contributed by atoms with Gasteiger partial charge in [-0.2, -0.15) is 0 Å². The van der Waals surface area contributed by atoms with Crippen LogP contribution >= 0.6 is 0 Å². The molecule has 0 unspecified atom stereocenters. The van der Waals surface area contributed by atoms with Crippen molar-refractivity contribution in [2.75, 3.05) is 5.32 Å². The molecule has 0 aliphatic rings. The summed E-state index contributed by atoms with van der Waals surface area (Å²) in [5.41, 5.74) is 1.39. The second-order valence-electron chi connectivity index (χ2n) is 4.44. The smallest absolute Gasteiger partial charge is 0.267 e. The Morgan fingerprint density at radius 1 is 1.33 bits per heavy atom. The zero-order valence-corrected chi connectivity index (χ0v) is 11.2. The predicted molar refractivity (Wildman–Crippen MR) is 75.2 cm³/mol. The SMILES string of the molecule is CCc1ccc2ccc(C(=O)Nc3nnn[nH]3)c(=O)n2c1. The van der Waals surface area contributed by atoms with Crippen LogP contribution in [0.4, 0.5) is 5.95 Å². The third-order valence-corrected chi connectivity index (χ3v) is 3.14. The Kier molecular flexibility index (Phi) is 3.19. The number of aryl methyl sites for hydroxylation is 1. The Morgan fingerprint density at radius 2 is 2.14 bits per heavy atom.